The van der Waals surface area contributed by atoms with Crippen LogP contribution < -0.4 is 14.8 Å². The van der Waals surface area contributed by atoms with Crippen LogP contribution in [0.25, 0.3) is 0 Å². The lowest BCUT2D eigenvalue weighted by atomic mass is 10.2. The maximum atomic E-state index is 12.1. The highest BCUT2D eigenvalue weighted by Crippen LogP contribution is 2.27. The summed E-state index contributed by atoms with van der Waals surface area (Å²) in [5.41, 5.74) is 1.12. The molecule has 1 aliphatic rings. The van der Waals surface area contributed by atoms with Gasteiger partial charge in [-0.05, 0) is 31.5 Å². The Morgan fingerprint density at radius 1 is 1.43 bits per heavy atom. The van der Waals surface area contributed by atoms with Gasteiger partial charge in [0.15, 0.2) is 11.5 Å². The Kier molecular flexibility index (Phi) is 5.44. The molecule has 1 amide bonds. The van der Waals surface area contributed by atoms with E-state index in [4.69, 9.17) is 9.47 Å². The van der Waals surface area contributed by atoms with Crippen molar-refractivity contribution in [2.45, 2.75) is 26.3 Å². The SMILES string of the molecule is COc1cc(C)ccc1OCCC(=O)N1CCN[C@@H](C)C1. The molecule has 1 heterocycles. The predicted octanol–water partition coefficient (Wildman–Crippen LogP) is 1.59. The zero-order valence-electron chi connectivity index (χ0n) is 13.0. The van der Waals surface area contributed by atoms with Crippen LogP contribution >= 0.6 is 0 Å². The van der Waals surface area contributed by atoms with E-state index in [1.54, 1.807) is 7.11 Å². The number of hydrogen-bond acceptors (Lipinski definition) is 4. The largest absolute Gasteiger partial charge is 0.493 e. The minimum Gasteiger partial charge on any atom is -0.493 e. The van der Waals surface area contributed by atoms with Crippen molar-refractivity contribution in [1.29, 1.82) is 0 Å². The molecule has 21 heavy (non-hydrogen) atoms. The number of nitrogens with zero attached hydrogens (tertiary/aromatic N) is 1. The van der Waals surface area contributed by atoms with Gasteiger partial charge in [-0.2, -0.15) is 0 Å². The number of piperazine rings is 1. The Balaban J connectivity index is 1.82. The first kappa shape index (κ1) is 15.6. The average molecular weight is 292 g/mol. The highest BCUT2D eigenvalue weighted by Gasteiger charge is 2.20. The maximum absolute atomic E-state index is 12.1. The number of ether oxygens (including phenoxy) is 2. The molecule has 0 bridgehead atoms. The van der Waals surface area contributed by atoms with Gasteiger partial charge in [0.1, 0.15) is 0 Å². The number of carbonyl (C=O) groups is 1. The van der Waals surface area contributed by atoms with E-state index in [0.29, 0.717) is 30.6 Å². The van der Waals surface area contributed by atoms with Crippen molar-refractivity contribution < 1.29 is 14.3 Å². The van der Waals surface area contributed by atoms with E-state index in [1.807, 2.05) is 30.0 Å². The smallest absolute Gasteiger partial charge is 0.226 e. The van der Waals surface area contributed by atoms with Crippen LogP contribution in [0, 0.1) is 6.92 Å². The highest BCUT2D eigenvalue weighted by molar-refractivity contribution is 5.76. The molecule has 0 aromatic heterocycles. The van der Waals surface area contributed by atoms with E-state index in [-0.39, 0.29) is 5.91 Å². The van der Waals surface area contributed by atoms with Crippen LogP contribution in [-0.4, -0.2) is 50.2 Å². The Labute approximate surface area is 126 Å². The Bertz CT molecular complexity index is 490. The van der Waals surface area contributed by atoms with Crippen LogP contribution in [0.4, 0.5) is 0 Å². The number of methoxy groups -OCH3 is 1. The van der Waals surface area contributed by atoms with Crippen molar-refractivity contribution in [3.63, 3.8) is 0 Å². The normalized spacial score (nSPS) is 18.4. The van der Waals surface area contributed by atoms with Gasteiger partial charge < -0.3 is 19.7 Å². The summed E-state index contributed by atoms with van der Waals surface area (Å²) >= 11 is 0. The summed E-state index contributed by atoms with van der Waals surface area (Å²) in [6.45, 7) is 6.87. The zero-order chi connectivity index (χ0) is 15.2. The molecule has 1 aliphatic heterocycles. The van der Waals surface area contributed by atoms with Crippen molar-refractivity contribution >= 4 is 5.91 Å². The minimum absolute atomic E-state index is 0.148. The quantitative estimate of drug-likeness (QED) is 0.895. The third-order valence-electron chi connectivity index (χ3n) is 3.61. The van der Waals surface area contributed by atoms with Gasteiger partial charge in [-0.3, -0.25) is 4.79 Å². The van der Waals surface area contributed by atoms with Gasteiger partial charge in [-0.15, -0.1) is 0 Å². The number of hydrogen-bond donors (Lipinski definition) is 1. The van der Waals surface area contributed by atoms with Gasteiger partial charge in [0.2, 0.25) is 5.91 Å². The van der Waals surface area contributed by atoms with Gasteiger partial charge in [0.25, 0.3) is 0 Å². The molecule has 2 rings (SSSR count). The zero-order valence-corrected chi connectivity index (χ0v) is 13.0. The second-order valence-corrected chi connectivity index (χ2v) is 5.45. The summed E-state index contributed by atoms with van der Waals surface area (Å²) in [5.74, 6) is 1.54. The van der Waals surface area contributed by atoms with Crippen molar-refractivity contribution in [2.24, 2.45) is 0 Å². The van der Waals surface area contributed by atoms with Crippen molar-refractivity contribution in [1.82, 2.24) is 10.2 Å². The molecule has 0 saturated carbocycles. The Morgan fingerprint density at radius 3 is 2.95 bits per heavy atom. The van der Waals surface area contributed by atoms with Crippen LogP contribution in [0.5, 0.6) is 11.5 Å². The number of benzene rings is 1. The topological polar surface area (TPSA) is 50.8 Å². The van der Waals surface area contributed by atoms with Gasteiger partial charge in [-0.1, -0.05) is 6.07 Å². The summed E-state index contributed by atoms with van der Waals surface area (Å²) in [4.78, 5) is 14.0. The Hall–Kier alpha value is -1.75. The molecule has 0 unspecified atom stereocenters. The molecular weight excluding hydrogens is 268 g/mol. The molecule has 5 heteroatoms. The molecule has 0 aliphatic carbocycles. The average Bonchev–Trinajstić information content (AvgIpc) is 2.48. The standard InChI is InChI=1S/C16H24N2O3/c1-12-4-5-14(15(10-12)20-3)21-9-6-16(19)18-8-7-17-13(2)11-18/h4-5,10,13,17H,6-9,11H2,1-3H3/t13-/m0/s1. The lowest BCUT2D eigenvalue weighted by molar-refractivity contribution is -0.132. The third-order valence-corrected chi connectivity index (χ3v) is 3.61. The number of aryl methyl sites for hydroxylation is 1. The van der Waals surface area contributed by atoms with Gasteiger partial charge in [-0.25, -0.2) is 0 Å². The van der Waals surface area contributed by atoms with E-state index < -0.39 is 0 Å². The van der Waals surface area contributed by atoms with Crippen LogP contribution in [0.3, 0.4) is 0 Å². The predicted molar refractivity (Wildman–Crippen MR) is 81.9 cm³/mol. The van der Waals surface area contributed by atoms with Crippen molar-refractivity contribution in [3.8, 4) is 11.5 Å². The first-order chi connectivity index (χ1) is 10.1. The number of carbonyl (C=O) groups excluding carboxylic acids is 1. The summed E-state index contributed by atoms with van der Waals surface area (Å²) in [7, 11) is 1.62. The fourth-order valence-electron chi connectivity index (χ4n) is 2.46. The molecule has 0 spiro atoms. The van der Waals surface area contributed by atoms with E-state index in [1.165, 1.54) is 0 Å². The molecule has 1 N–H and O–H groups in total. The second-order valence-electron chi connectivity index (χ2n) is 5.45. The molecule has 116 valence electrons. The number of rotatable bonds is 5. The summed E-state index contributed by atoms with van der Waals surface area (Å²) in [6, 6.07) is 6.14. The maximum Gasteiger partial charge on any atom is 0.226 e. The monoisotopic (exact) mass is 292 g/mol. The number of amides is 1. The van der Waals surface area contributed by atoms with Crippen LogP contribution in [0.2, 0.25) is 0 Å². The van der Waals surface area contributed by atoms with E-state index >= 15 is 0 Å². The Morgan fingerprint density at radius 2 is 2.24 bits per heavy atom. The van der Waals surface area contributed by atoms with Gasteiger partial charge >= 0.3 is 0 Å². The lowest BCUT2D eigenvalue weighted by Crippen LogP contribution is -2.51. The molecule has 1 aromatic rings. The summed E-state index contributed by atoms with van der Waals surface area (Å²) in [6.07, 6.45) is 0.393. The van der Waals surface area contributed by atoms with Gasteiger partial charge in [0, 0.05) is 25.7 Å². The van der Waals surface area contributed by atoms with Crippen LogP contribution in [0.15, 0.2) is 18.2 Å². The van der Waals surface area contributed by atoms with E-state index in [0.717, 1.165) is 25.2 Å². The summed E-state index contributed by atoms with van der Waals surface area (Å²) in [5, 5.41) is 3.33. The molecule has 1 saturated heterocycles. The second kappa shape index (κ2) is 7.31. The molecule has 1 atom stereocenters. The van der Waals surface area contributed by atoms with Crippen LogP contribution in [0.1, 0.15) is 18.9 Å². The first-order valence-corrected chi connectivity index (χ1v) is 7.38. The highest BCUT2D eigenvalue weighted by atomic mass is 16.5. The molecule has 0 radical (unpaired) electrons. The molecule has 1 fully saturated rings. The minimum atomic E-state index is 0.148. The molecule has 1 aromatic carbocycles. The first-order valence-electron chi connectivity index (χ1n) is 7.38. The van der Waals surface area contributed by atoms with E-state index in [2.05, 4.69) is 12.2 Å². The van der Waals surface area contributed by atoms with E-state index in [9.17, 15) is 4.79 Å². The van der Waals surface area contributed by atoms with Gasteiger partial charge in [0.05, 0.1) is 20.1 Å². The fourth-order valence-corrected chi connectivity index (χ4v) is 2.46. The number of nitrogens with one attached hydrogen (secondary N) is 1. The fraction of sp³-hybridized carbons (Fsp3) is 0.562. The summed E-state index contributed by atoms with van der Waals surface area (Å²) < 4.78 is 11.0. The molecular formula is C16H24N2O3. The van der Waals surface area contributed by atoms with Crippen molar-refractivity contribution in [2.75, 3.05) is 33.4 Å². The molecule has 5 nitrogen and oxygen atoms in total. The van der Waals surface area contributed by atoms with Crippen molar-refractivity contribution in [3.05, 3.63) is 23.8 Å². The third kappa shape index (κ3) is 4.36. The van der Waals surface area contributed by atoms with Crippen LogP contribution in [-0.2, 0) is 4.79 Å². The lowest BCUT2D eigenvalue weighted by Gasteiger charge is -2.32.